The average molecular weight is 281 g/mol. The molecule has 4 N–H and O–H groups in total. The maximum absolute atomic E-state index is 12.0. The summed E-state index contributed by atoms with van der Waals surface area (Å²) in [4.78, 5) is 0.183. The minimum Gasteiger partial charge on any atom is -0.324 e. The molecular formula is C11H15N5O2S. The molecule has 7 nitrogen and oxygen atoms in total. The topological polar surface area (TPSA) is 102 Å². The molecule has 19 heavy (non-hydrogen) atoms. The first-order valence-electron chi connectivity index (χ1n) is 5.56. The monoisotopic (exact) mass is 281 g/mol. The Morgan fingerprint density at radius 1 is 1.26 bits per heavy atom. The molecule has 0 spiro atoms. The van der Waals surface area contributed by atoms with Crippen LogP contribution in [0.5, 0.6) is 0 Å². The number of nitrogens with one attached hydrogen (secondary N) is 2. The quantitative estimate of drug-likeness (QED) is 0.536. The Kier molecular flexibility index (Phi) is 3.84. The van der Waals surface area contributed by atoms with Crippen molar-refractivity contribution in [2.45, 2.75) is 11.4 Å². The van der Waals surface area contributed by atoms with E-state index in [2.05, 4.69) is 15.2 Å². The summed E-state index contributed by atoms with van der Waals surface area (Å²) in [6.45, 7) is 0.153. The molecule has 8 heteroatoms. The fraction of sp³-hybridized carbons (Fsp3) is 0.182. The van der Waals surface area contributed by atoms with Gasteiger partial charge in [-0.25, -0.2) is 13.1 Å². The predicted molar refractivity (Wildman–Crippen MR) is 71.5 cm³/mol. The fourth-order valence-corrected chi connectivity index (χ4v) is 2.54. The lowest BCUT2D eigenvalue weighted by atomic mass is 10.3. The molecule has 0 aliphatic carbocycles. The Hall–Kier alpha value is -1.90. The van der Waals surface area contributed by atoms with Crippen LogP contribution in [-0.4, -0.2) is 18.2 Å². The second-order valence-corrected chi connectivity index (χ2v) is 5.74. The third-order valence-corrected chi connectivity index (χ3v) is 3.96. The van der Waals surface area contributed by atoms with Crippen molar-refractivity contribution in [2.75, 3.05) is 5.43 Å². The summed E-state index contributed by atoms with van der Waals surface area (Å²) in [6, 6.07) is 7.90. The zero-order chi connectivity index (χ0) is 13.9. The van der Waals surface area contributed by atoms with Crippen LogP contribution < -0.4 is 16.0 Å². The highest BCUT2D eigenvalue weighted by molar-refractivity contribution is 7.89. The summed E-state index contributed by atoms with van der Waals surface area (Å²) in [5.74, 6) is 5.22. The highest BCUT2D eigenvalue weighted by Gasteiger charge is 2.13. The van der Waals surface area contributed by atoms with Crippen molar-refractivity contribution in [3.05, 3.63) is 42.2 Å². The van der Waals surface area contributed by atoms with Crippen LogP contribution in [0.15, 0.2) is 41.4 Å². The SMILES string of the molecule is Cn1ccc(CNS(=O)(=O)c2ccc(NN)cc2)n1. The number of benzene rings is 1. The maximum atomic E-state index is 12.0. The maximum Gasteiger partial charge on any atom is 0.240 e. The van der Waals surface area contributed by atoms with E-state index in [-0.39, 0.29) is 11.4 Å². The lowest BCUT2D eigenvalue weighted by Crippen LogP contribution is -2.23. The van der Waals surface area contributed by atoms with Gasteiger partial charge >= 0.3 is 0 Å². The van der Waals surface area contributed by atoms with Gasteiger partial charge < -0.3 is 5.43 Å². The third kappa shape index (κ3) is 3.31. The highest BCUT2D eigenvalue weighted by Crippen LogP contribution is 2.13. The third-order valence-electron chi connectivity index (χ3n) is 2.54. The van der Waals surface area contributed by atoms with Crippen molar-refractivity contribution in [2.24, 2.45) is 12.9 Å². The molecule has 1 aromatic carbocycles. The average Bonchev–Trinajstić information content (AvgIpc) is 2.82. The van der Waals surface area contributed by atoms with Crippen molar-refractivity contribution < 1.29 is 8.42 Å². The van der Waals surface area contributed by atoms with Crippen LogP contribution in [0.3, 0.4) is 0 Å². The molecule has 1 heterocycles. The number of sulfonamides is 1. The Morgan fingerprint density at radius 2 is 1.95 bits per heavy atom. The first-order chi connectivity index (χ1) is 9.01. The van der Waals surface area contributed by atoms with E-state index in [4.69, 9.17) is 5.84 Å². The van der Waals surface area contributed by atoms with Crippen molar-refractivity contribution in [1.29, 1.82) is 0 Å². The smallest absolute Gasteiger partial charge is 0.240 e. The zero-order valence-electron chi connectivity index (χ0n) is 10.4. The molecule has 0 aliphatic heterocycles. The number of aryl methyl sites for hydroxylation is 1. The van der Waals surface area contributed by atoms with Crippen LogP contribution in [0.1, 0.15) is 5.69 Å². The summed E-state index contributed by atoms with van der Waals surface area (Å²) in [7, 11) is -1.77. The summed E-state index contributed by atoms with van der Waals surface area (Å²) < 4.78 is 28.1. The predicted octanol–water partition coefficient (Wildman–Crippen LogP) is 0.184. The molecule has 0 atom stereocenters. The van der Waals surface area contributed by atoms with Crippen molar-refractivity contribution in [1.82, 2.24) is 14.5 Å². The van der Waals surface area contributed by atoms with Gasteiger partial charge in [0.2, 0.25) is 10.0 Å². The number of rotatable bonds is 5. The number of anilines is 1. The molecule has 2 rings (SSSR count). The summed E-state index contributed by atoms with van der Waals surface area (Å²) in [5.41, 5.74) is 3.74. The highest BCUT2D eigenvalue weighted by atomic mass is 32.2. The molecule has 102 valence electrons. The number of nitrogen functional groups attached to an aromatic ring is 1. The summed E-state index contributed by atoms with van der Waals surface area (Å²) in [5, 5.41) is 4.10. The van der Waals surface area contributed by atoms with Crippen LogP contribution in [-0.2, 0) is 23.6 Å². The molecule has 0 radical (unpaired) electrons. The summed E-state index contributed by atoms with van der Waals surface area (Å²) in [6.07, 6.45) is 1.76. The summed E-state index contributed by atoms with van der Waals surface area (Å²) >= 11 is 0. The van der Waals surface area contributed by atoms with Crippen molar-refractivity contribution in [3.63, 3.8) is 0 Å². The van der Waals surface area contributed by atoms with E-state index in [1.54, 1.807) is 36.1 Å². The van der Waals surface area contributed by atoms with E-state index in [0.717, 1.165) is 0 Å². The van der Waals surface area contributed by atoms with Crippen LogP contribution in [0.25, 0.3) is 0 Å². The lowest BCUT2D eigenvalue weighted by molar-refractivity contribution is 0.579. The van der Waals surface area contributed by atoms with E-state index in [9.17, 15) is 8.42 Å². The molecule has 0 unspecified atom stereocenters. The number of aromatic nitrogens is 2. The second kappa shape index (κ2) is 5.39. The lowest BCUT2D eigenvalue weighted by Gasteiger charge is -2.06. The van der Waals surface area contributed by atoms with E-state index in [1.165, 1.54) is 12.1 Å². The van der Waals surface area contributed by atoms with E-state index >= 15 is 0 Å². The van der Waals surface area contributed by atoms with Gasteiger partial charge in [0.25, 0.3) is 0 Å². The van der Waals surface area contributed by atoms with Gasteiger partial charge in [-0.15, -0.1) is 0 Å². The molecule has 0 saturated heterocycles. The Bertz CT molecular complexity index is 648. The number of hydrazine groups is 1. The van der Waals surface area contributed by atoms with Crippen molar-refractivity contribution >= 4 is 15.7 Å². The Labute approximate surface area is 111 Å². The Morgan fingerprint density at radius 3 is 2.47 bits per heavy atom. The number of nitrogens with two attached hydrogens (primary N) is 1. The van der Waals surface area contributed by atoms with Gasteiger partial charge in [0.05, 0.1) is 17.1 Å². The molecule has 1 aromatic heterocycles. The minimum atomic E-state index is -3.54. The second-order valence-electron chi connectivity index (χ2n) is 3.97. The number of hydrogen-bond acceptors (Lipinski definition) is 5. The molecule has 0 bridgehead atoms. The largest absolute Gasteiger partial charge is 0.324 e. The van der Waals surface area contributed by atoms with Gasteiger partial charge in [0, 0.05) is 18.9 Å². The molecule has 0 saturated carbocycles. The first kappa shape index (κ1) is 13.5. The minimum absolute atomic E-state index is 0.153. The van der Waals surface area contributed by atoms with Gasteiger partial charge in [-0.2, -0.15) is 5.10 Å². The van der Waals surface area contributed by atoms with E-state index < -0.39 is 10.0 Å². The van der Waals surface area contributed by atoms with E-state index in [1.807, 2.05) is 0 Å². The van der Waals surface area contributed by atoms with Gasteiger partial charge in [-0.1, -0.05) is 0 Å². The number of nitrogens with zero attached hydrogens (tertiary/aromatic N) is 2. The van der Waals surface area contributed by atoms with Crippen LogP contribution >= 0.6 is 0 Å². The van der Waals surface area contributed by atoms with Crippen LogP contribution in [0.2, 0.25) is 0 Å². The zero-order valence-corrected chi connectivity index (χ0v) is 11.2. The number of hydrogen-bond donors (Lipinski definition) is 3. The van der Waals surface area contributed by atoms with Gasteiger partial charge in [0.1, 0.15) is 0 Å². The van der Waals surface area contributed by atoms with Gasteiger partial charge in [-0.3, -0.25) is 10.5 Å². The van der Waals surface area contributed by atoms with Crippen LogP contribution in [0, 0.1) is 0 Å². The molecule has 0 fully saturated rings. The van der Waals surface area contributed by atoms with Gasteiger partial charge in [0.15, 0.2) is 0 Å². The fourth-order valence-electron chi connectivity index (χ4n) is 1.54. The molecular weight excluding hydrogens is 266 g/mol. The van der Waals surface area contributed by atoms with Crippen molar-refractivity contribution in [3.8, 4) is 0 Å². The van der Waals surface area contributed by atoms with Crippen LogP contribution in [0.4, 0.5) is 5.69 Å². The molecule has 0 aliphatic rings. The molecule has 0 amide bonds. The van der Waals surface area contributed by atoms with E-state index in [0.29, 0.717) is 11.4 Å². The van der Waals surface area contributed by atoms with Gasteiger partial charge in [-0.05, 0) is 30.3 Å². The Balaban J connectivity index is 2.09. The molecule has 2 aromatic rings. The first-order valence-corrected chi connectivity index (χ1v) is 7.04. The standard InChI is InChI=1S/C11H15N5O2S/c1-16-7-6-10(15-16)8-13-19(17,18)11-4-2-9(14-12)3-5-11/h2-7,13-14H,8,12H2,1H3. The normalized spacial score (nSPS) is 11.5.